The van der Waals surface area contributed by atoms with Gasteiger partial charge in [0.2, 0.25) is 0 Å². The minimum absolute atomic E-state index is 0.0356. The molecule has 31 heavy (non-hydrogen) atoms. The first-order valence-electron chi connectivity index (χ1n) is 11.7. The smallest absolute Gasteiger partial charge is 0.163 e. The molecule has 0 aliphatic carbocycles. The second-order valence-electron chi connectivity index (χ2n) is 8.13. The highest BCUT2D eigenvalue weighted by molar-refractivity contribution is 5.55. The van der Waals surface area contributed by atoms with E-state index in [1.807, 2.05) is 25.2 Å². The molecule has 1 saturated heterocycles. The van der Waals surface area contributed by atoms with Crippen LogP contribution >= 0.6 is 0 Å². The van der Waals surface area contributed by atoms with Crippen molar-refractivity contribution < 1.29 is 14.6 Å². The zero-order valence-corrected chi connectivity index (χ0v) is 19.7. The van der Waals surface area contributed by atoms with Gasteiger partial charge < -0.3 is 30.5 Å². The molecule has 5 N–H and O–H groups in total. The average Bonchev–Trinajstić information content (AvgIpc) is 2.78. The number of ether oxygens (including phenoxy) is 2. The van der Waals surface area contributed by atoms with E-state index < -0.39 is 6.10 Å². The van der Waals surface area contributed by atoms with Crippen molar-refractivity contribution >= 4 is 5.69 Å². The zero-order valence-electron chi connectivity index (χ0n) is 19.7. The summed E-state index contributed by atoms with van der Waals surface area (Å²) in [6.45, 7) is 4.92. The average molecular weight is 438 g/mol. The van der Waals surface area contributed by atoms with Gasteiger partial charge in [-0.1, -0.05) is 32.6 Å². The van der Waals surface area contributed by atoms with Crippen LogP contribution in [0.3, 0.4) is 0 Å². The summed E-state index contributed by atoms with van der Waals surface area (Å²) in [6.07, 6.45) is 7.22. The monoisotopic (exact) mass is 437 g/mol. The minimum Gasteiger partial charge on any atom is -0.493 e. The number of anilines is 1. The highest BCUT2D eigenvalue weighted by atomic mass is 16.5. The molecule has 0 bridgehead atoms. The summed E-state index contributed by atoms with van der Waals surface area (Å²) in [4.78, 5) is 2.47. The Morgan fingerprint density at radius 1 is 1.19 bits per heavy atom. The van der Waals surface area contributed by atoms with Crippen LogP contribution in [-0.2, 0) is 0 Å². The third kappa shape index (κ3) is 8.46. The number of unbranched alkanes of at least 4 members (excludes halogenated alkanes) is 4. The van der Waals surface area contributed by atoms with Crippen LogP contribution < -0.4 is 30.7 Å². The molecule has 1 aliphatic heterocycles. The van der Waals surface area contributed by atoms with E-state index in [2.05, 4.69) is 33.1 Å². The molecule has 2 unspecified atom stereocenters. The molecule has 0 amide bonds. The van der Waals surface area contributed by atoms with Gasteiger partial charge in [0.25, 0.3) is 0 Å². The van der Waals surface area contributed by atoms with E-state index in [0.29, 0.717) is 24.2 Å². The van der Waals surface area contributed by atoms with Crippen LogP contribution in [0.4, 0.5) is 5.69 Å². The standard InChI is InChI=1S/C23H43N5O3/c1-5-6-7-8-9-14-28-22(25-3)12-13-26-23(28)27-18-10-11-20(30-4)21(15-18)31-17-19(29)16-24-2/h10-11,15,19,22-27,29H,5-9,12-14,16-17H2,1-4H3/t19-,22?,23?/m1/s1. The first-order chi connectivity index (χ1) is 15.1. The minimum atomic E-state index is -0.578. The lowest BCUT2D eigenvalue weighted by atomic mass is 10.1. The number of nitrogens with zero attached hydrogens (tertiary/aromatic N) is 1. The van der Waals surface area contributed by atoms with Crippen LogP contribution in [0.15, 0.2) is 18.2 Å². The van der Waals surface area contributed by atoms with Gasteiger partial charge in [0, 0.05) is 31.4 Å². The molecule has 0 spiro atoms. The summed E-state index contributed by atoms with van der Waals surface area (Å²) < 4.78 is 11.3. The molecule has 0 aromatic heterocycles. The Morgan fingerprint density at radius 3 is 2.71 bits per heavy atom. The molecule has 0 saturated carbocycles. The predicted octanol–water partition coefficient (Wildman–Crippen LogP) is 2.16. The number of aliphatic hydroxyl groups excluding tert-OH is 1. The van der Waals surface area contributed by atoms with Crippen LogP contribution in [0.1, 0.15) is 45.4 Å². The maximum Gasteiger partial charge on any atom is 0.163 e. The van der Waals surface area contributed by atoms with E-state index in [4.69, 9.17) is 9.47 Å². The SMILES string of the molecule is CCCCCCCN1C(NC)CCNC1Nc1ccc(OC)c(OC[C@H](O)CNC)c1. The van der Waals surface area contributed by atoms with Crippen molar-refractivity contribution in [1.82, 2.24) is 20.9 Å². The Kier molecular flexibility index (Phi) is 12.0. The van der Waals surface area contributed by atoms with E-state index in [0.717, 1.165) is 25.2 Å². The Labute approximate surface area is 188 Å². The van der Waals surface area contributed by atoms with Crippen molar-refractivity contribution in [2.75, 3.05) is 52.8 Å². The molecular weight excluding hydrogens is 394 g/mol. The number of benzene rings is 1. The van der Waals surface area contributed by atoms with Crippen molar-refractivity contribution in [2.45, 2.75) is 64.0 Å². The molecule has 1 aliphatic rings. The number of likely N-dealkylation sites (N-methyl/N-ethyl adjacent to an activating group) is 1. The van der Waals surface area contributed by atoms with Gasteiger partial charge >= 0.3 is 0 Å². The molecule has 3 atom stereocenters. The number of nitrogens with one attached hydrogen (secondary N) is 4. The largest absolute Gasteiger partial charge is 0.493 e. The number of aliphatic hydroxyl groups is 1. The fraction of sp³-hybridized carbons (Fsp3) is 0.739. The van der Waals surface area contributed by atoms with Gasteiger partial charge in [0.1, 0.15) is 19.0 Å². The summed E-state index contributed by atoms with van der Waals surface area (Å²) >= 11 is 0. The molecule has 1 aromatic carbocycles. The zero-order chi connectivity index (χ0) is 22.5. The van der Waals surface area contributed by atoms with Crippen LogP contribution in [0.5, 0.6) is 11.5 Å². The van der Waals surface area contributed by atoms with Crippen molar-refractivity contribution in [1.29, 1.82) is 0 Å². The quantitative estimate of drug-likeness (QED) is 0.267. The second-order valence-corrected chi connectivity index (χ2v) is 8.13. The van der Waals surface area contributed by atoms with Gasteiger partial charge in [-0.05, 0) is 39.1 Å². The van der Waals surface area contributed by atoms with Crippen LogP contribution in [0.2, 0.25) is 0 Å². The number of hydrogen-bond donors (Lipinski definition) is 5. The predicted molar refractivity (Wildman–Crippen MR) is 127 cm³/mol. The molecule has 0 radical (unpaired) electrons. The summed E-state index contributed by atoms with van der Waals surface area (Å²) in [5.74, 6) is 1.27. The molecular formula is C23H43N5O3. The lowest BCUT2D eigenvalue weighted by Crippen LogP contribution is -2.63. The Bertz CT molecular complexity index is 619. The third-order valence-corrected chi connectivity index (χ3v) is 5.68. The molecule has 178 valence electrons. The van der Waals surface area contributed by atoms with Crippen LogP contribution in [0, 0.1) is 0 Å². The highest BCUT2D eigenvalue weighted by Gasteiger charge is 2.29. The van der Waals surface area contributed by atoms with Crippen LogP contribution in [0.25, 0.3) is 0 Å². The van der Waals surface area contributed by atoms with Gasteiger partial charge in [-0.15, -0.1) is 0 Å². The van der Waals surface area contributed by atoms with E-state index in [9.17, 15) is 5.11 Å². The van der Waals surface area contributed by atoms with E-state index in [-0.39, 0.29) is 12.9 Å². The summed E-state index contributed by atoms with van der Waals surface area (Å²) in [7, 11) is 5.46. The molecule has 1 fully saturated rings. The lowest BCUT2D eigenvalue weighted by molar-refractivity contribution is 0.0678. The topological polar surface area (TPSA) is 90.1 Å². The van der Waals surface area contributed by atoms with Gasteiger partial charge in [0.15, 0.2) is 11.5 Å². The van der Waals surface area contributed by atoms with Crippen molar-refractivity contribution in [3.8, 4) is 11.5 Å². The van der Waals surface area contributed by atoms with Gasteiger partial charge in [0.05, 0.1) is 13.3 Å². The highest BCUT2D eigenvalue weighted by Crippen LogP contribution is 2.31. The van der Waals surface area contributed by atoms with E-state index in [1.54, 1.807) is 14.2 Å². The third-order valence-electron chi connectivity index (χ3n) is 5.68. The molecule has 2 rings (SSSR count). The number of rotatable bonds is 15. The van der Waals surface area contributed by atoms with Crippen LogP contribution in [-0.4, -0.2) is 76.0 Å². The normalized spacial score (nSPS) is 20.4. The summed E-state index contributed by atoms with van der Waals surface area (Å²) in [5.41, 5.74) is 0.948. The van der Waals surface area contributed by atoms with Gasteiger partial charge in [-0.3, -0.25) is 10.2 Å². The van der Waals surface area contributed by atoms with Crippen molar-refractivity contribution in [3.63, 3.8) is 0 Å². The molecule has 8 nitrogen and oxygen atoms in total. The summed E-state index contributed by atoms with van der Waals surface area (Å²) in [5, 5.41) is 23.6. The Balaban J connectivity index is 2.03. The maximum absolute atomic E-state index is 9.96. The van der Waals surface area contributed by atoms with E-state index in [1.165, 1.54) is 32.1 Å². The van der Waals surface area contributed by atoms with Crippen molar-refractivity contribution in [2.24, 2.45) is 0 Å². The maximum atomic E-state index is 9.96. The van der Waals surface area contributed by atoms with E-state index >= 15 is 0 Å². The first-order valence-corrected chi connectivity index (χ1v) is 11.7. The first kappa shape index (κ1) is 25.7. The fourth-order valence-corrected chi connectivity index (χ4v) is 3.96. The van der Waals surface area contributed by atoms with Crippen molar-refractivity contribution in [3.05, 3.63) is 18.2 Å². The lowest BCUT2D eigenvalue weighted by Gasteiger charge is -2.43. The molecule has 1 heterocycles. The molecule has 8 heteroatoms. The second kappa shape index (κ2) is 14.5. The van der Waals surface area contributed by atoms with Gasteiger partial charge in [-0.2, -0.15) is 0 Å². The summed E-state index contributed by atoms with van der Waals surface area (Å²) in [6, 6.07) is 5.84. The molecule has 1 aromatic rings. The fourth-order valence-electron chi connectivity index (χ4n) is 3.96. The number of hydrogen-bond acceptors (Lipinski definition) is 8. The Morgan fingerprint density at radius 2 is 2.00 bits per heavy atom. The number of methoxy groups -OCH3 is 1. The van der Waals surface area contributed by atoms with Gasteiger partial charge in [-0.25, -0.2) is 0 Å². The Hall–Kier alpha value is -1.58.